The SMILES string of the molecule is CCN(CCCNCC(CN)C(C)C)S(C)(=O)=O. The van der Waals surface area contributed by atoms with Crippen molar-refractivity contribution in [1.29, 1.82) is 0 Å². The number of hydrogen-bond donors (Lipinski definition) is 2. The Balaban J connectivity index is 3.80. The second-order valence-corrected chi connectivity index (χ2v) is 7.03. The second kappa shape index (κ2) is 8.85. The molecule has 5 nitrogen and oxygen atoms in total. The van der Waals surface area contributed by atoms with Crippen LogP contribution >= 0.6 is 0 Å². The Labute approximate surface area is 112 Å². The highest BCUT2D eigenvalue weighted by atomic mass is 32.2. The van der Waals surface area contributed by atoms with E-state index in [1.165, 1.54) is 10.6 Å². The average Bonchev–Trinajstić information content (AvgIpc) is 2.26. The van der Waals surface area contributed by atoms with Crippen LogP contribution in [0.2, 0.25) is 0 Å². The van der Waals surface area contributed by atoms with E-state index in [1.807, 2.05) is 6.92 Å². The van der Waals surface area contributed by atoms with Crippen molar-refractivity contribution in [2.45, 2.75) is 27.2 Å². The third kappa shape index (κ3) is 7.31. The molecule has 0 bridgehead atoms. The van der Waals surface area contributed by atoms with Gasteiger partial charge in [-0.15, -0.1) is 0 Å². The Hall–Kier alpha value is -0.170. The third-order valence-electron chi connectivity index (χ3n) is 3.23. The summed E-state index contributed by atoms with van der Waals surface area (Å²) in [4.78, 5) is 0. The number of nitrogens with one attached hydrogen (secondary N) is 1. The zero-order valence-electron chi connectivity index (χ0n) is 12.1. The molecule has 0 aromatic rings. The van der Waals surface area contributed by atoms with Gasteiger partial charge in [0.15, 0.2) is 0 Å². The molecule has 0 spiro atoms. The summed E-state index contributed by atoms with van der Waals surface area (Å²) in [6, 6.07) is 0. The van der Waals surface area contributed by atoms with E-state index < -0.39 is 10.0 Å². The van der Waals surface area contributed by atoms with E-state index in [-0.39, 0.29) is 0 Å². The summed E-state index contributed by atoms with van der Waals surface area (Å²) < 4.78 is 24.2. The van der Waals surface area contributed by atoms with Gasteiger partial charge in [-0.05, 0) is 37.9 Å². The minimum Gasteiger partial charge on any atom is -0.330 e. The normalized spacial score (nSPS) is 14.4. The highest BCUT2D eigenvalue weighted by Gasteiger charge is 2.13. The van der Waals surface area contributed by atoms with Crippen LogP contribution in [0.4, 0.5) is 0 Å². The van der Waals surface area contributed by atoms with E-state index in [2.05, 4.69) is 19.2 Å². The molecule has 0 heterocycles. The lowest BCUT2D eigenvalue weighted by atomic mass is 9.96. The quantitative estimate of drug-likeness (QED) is 0.570. The molecule has 0 rings (SSSR count). The van der Waals surface area contributed by atoms with Gasteiger partial charge in [0.2, 0.25) is 10.0 Å². The third-order valence-corrected chi connectivity index (χ3v) is 4.61. The summed E-state index contributed by atoms with van der Waals surface area (Å²) in [6.07, 6.45) is 2.09. The van der Waals surface area contributed by atoms with Crippen molar-refractivity contribution in [2.75, 3.05) is 39.0 Å². The molecule has 0 fully saturated rings. The van der Waals surface area contributed by atoms with Crippen molar-refractivity contribution < 1.29 is 8.42 Å². The monoisotopic (exact) mass is 279 g/mol. The Kier molecular flexibility index (Phi) is 8.77. The van der Waals surface area contributed by atoms with Gasteiger partial charge in [0, 0.05) is 13.1 Å². The van der Waals surface area contributed by atoms with Crippen LogP contribution in [0.1, 0.15) is 27.2 Å². The van der Waals surface area contributed by atoms with Gasteiger partial charge >= 0.3 is 0 Å². The Bertz CT molecular complexity index is 304. The predicted molar refractivity (Wildman–Crippen MR) is 77.0 cm³/mol. The lowest BCUT2D eigenvalue weighted by Gasteiger charge is -2.20. The molecular weight excluding hydrogens is 250 g/mol. The van der Waals surface area contributed by atoms with Crippen LogP contribution in [0.3, 0.4) is 0 Å². The van der Waals surface area contributed by atoms with E-state index in [9.17, 15) is 8.42 Å². The first-order valence-electron chi connectivity index (χ1n) is 6.68. The van der Waals surface area contributed by atoms with Crippen molar-refractivity contribution >= 4 is 10.0 Å². The summed E-state index contributed by atoms with van der Waals surface area (Å²) in [5, 5.41) is 3.35. The van der Waals surface area contributed by atoms with E-state index >= 15 is 0 Å². The van der Waals surface area contributed by atoms with Gasteiger partial charge in [-0.2, -0.15) is 0 Å². The van der Waals surface area contributed by atoms with Gasteiger partial charge in [0.1, 0.15) is 0 Å². The average molecular weight is 279 g/mol. The molecule has 0 aromatic carbocycles. The Morgan fingerprint density at radius 3 is 2.33 bits per heavy atom. The topological polar surface area (TPSA) is 75.4 Å². The molecular formula is C12H29N3O2S. The van der Waals surface area contributed by atoms with Crippen LogP contribution in [0.25, 0.3) is 0 Å². The van der Waals surface area contributed by atoms with Gasteiger partial charge in [-0.3, -0.25) is 0 Å². The van der Waals surface area contributed by atoms with Crippen LogP contribution in [-0.4, -0.2) is 51.7 Å². The summed E-state index contributed by atoms with van der Waals surface area (Å²) in [6.45, 7) is 9.73. The number of sulfonamides is 1. The van der Waals surface area contributed by atoms with Crippen molar-refractivity contribution in [1.82, 2.24) is 9.62 Å². The molecule has 0 radical (unpaired) electrons. The van der Waals surface area contributed by atoms with E-state index in [4.69, 9.17) is 5.73 Å². The van der Waals surface area contributed by atoms with Crippen molar-refractivity contribution in [3.63, 3.8) is 0 Å². The maximum Gasteiger partial charge on any atom is 0.211 e. The van der Waals surface area contributed by atoms with Crippen LogP contribution in [0, 0.1) is 11.8 Å². The van der Waals surface area contributed by atoms with E-state index in [0.717, 1.165) is 19.5 Å². The standard InChI is InChI=1S/C12H29N3O2S/c1-5-15(18(4,16)17)8-6-7-14-10-12(9-13)11(2)3/h11-12,14H,5-10,13H2,1-4H3. The Morgan fingerprint density at radius 2 is 1.94 bits per heavy atom. The largest absolute Gasteiger partial charge is 0.330 e. The van der Waals surface area contributed by atoms with Gasteiger partial charge in [-0.25, -0.2) is 12.7 Å². The molecule has 1 atom stereocenters. The molecule has 0 aliphatic carbocycles. The van der Waals surface area contributed by atoms with Gasteiger partial charge in [0.05, 0.1) is 6.26 Å². The fraction of sp³-hybridized carbons (Fsp3) is 1.00. The van der Waals surface area contributed by atoms with Crippen molar-refractivity contribution in [3.05, 3.63) is 0 Å². The number of nitrogens with two attached hydrogens (primary N) is 1. The predicted octanol–water partition coefficient (Wildman–Crippen LogP) is 0.479. The molecule has 0 amide bonds. The second-order valence-electron chi connectivity index (χ2n) is 5.05. The number of hydrogen-bond acceptors (Lipinski definition) is 4. The molecule has 18 heavy (non-hydrogen) atoms. The van der Waals surface area contributed by atoms with Crippen molar-refractivity contribution in [2.24, 2.45) is 17.6 Å². The van der Waals surface area contributed by atoms with E-state index in [0.29, 0.717) is 31.5 Å². The first-order valence-corrected chi connectivity index (χ1v) is 8.53. The smallest absolute Gasteiger partial charge is 0.211 e. The maximum atomic E-state index is 11.4. The first kappa shape index (κ1) is 17.8. The number of nitrogens with zero attached hydrogens (tertiary/aromatic N) is 1. The summed E-state index contributed by atoms with van der Waals surface area (Å²) >= 11 is 0. The van der Waals surface area contributed by atoms with Gasteiger partial charge < -0.3 is 11.1 Å². The van der Waals surface area contributed by atoms with Crippen LogP contribution in [-0.2, 0) is 10.0 Å². The molecule has 0 aliphatic rings. The Morgan fingerprint density at radius 1 is 1.33 bits per heavy atom. The molecule has 6 heteroatoms. The highest BCUT2D eigenvalue weighted by Crippen LogP contribution is 2.07. The van der Waals surface area contributed by atoms with Crippen LogP contribution in [0.5, 0.6) is 0 Å². The lowest BCUT2D eigenvalue weighted by molar-refractivity contribution is 0.363. The fourth-order valence-electron chi connectivity index (χ4n) is 1.82. The highest BCUT2D eigenvalue weighted by molar-refractivity contribution is 7.88. The molecule has 0 saturated heterocycles. The zero-order chi connectivity index (χ0) is 14.2. The molecule has 110 valence electrons. The van der Waals surface area contributed by atoms with Crippen LogP contribution in [0.15, 0.2) is 0 Å². The van der Waals surface area contributed by atoms with Crippen LogP contribution < -0.4 is 11.1 Å². The minimum absolute atomic E-state index is 0.488. The fourth-order valence-corrected chi connectivity index (χ4v) is 2.75. The summed E-state index contributed by atoms with van der Waals surface area (Å²) in [7, 11) is -3.05. The van der Waals surface area contributed by atoms with Crippen molar-refractivity contribution in [3.8, 4) is 0 Å². The first-order chi connectivity index (χ1) is 8.32. The number of rotatable bonds is 10. The molecule has 0 aliphatic heterocycles. The maximum absolute atomic E-state index is 11.4. The molecule has 0 aromatic heterocycles. The van der Waals surface area contributed by atoms with Gasteiger partial charge in [-0.1, -0.05) is 20.8 Å². The minimum atomic E-state index is -3.05. The zero-order valence-corrected chi connectivity index (χ0v) is 13.0. The molecule has 3 N–H and O–H groups in total. The van der Waals surface area contributed by atoms with Gasteiger partial charge in [0.25, 0.3) is 0 Å². The van der Waals surface area contributed by atoms with E-state index in [1.54, 1.807) is 0 Å². The molecule has 0 saturated carbocycles. The summed E-state index contributed by atoms with van der Waals surface area (Å²) in [5.41, 5.74) is 5.69. The molecule has 1 unspecified atom stereocenters. The summed E-state index contributed by atoms with van der Waals surface area (Å²) in [5.74, 6) is 1.06. The lowest BCUT2D eigenvalue weighted by Crippen LogP contribution is -2.35.